The fourth-order valence-electron chi connectivity index (χ4n) is 3.20. The van der Waals surface area contributed by atoms with Gasteiger partial charge in [-0.25, -0.2) is 9.18 Å². The van der Waals surface area contributed by atoms with E-state index in [1.165, 1.54) is 31.3 Å². The number of halogens is 2. The fourth-order valence-corrected chi connectivity index (χ4v) is 3.44. The largest absolute Gasteiger partial charge is 0.467 e. The van der Waals surface area contributed by atoms with Gasteiger partial charge in [0.25, 0.3) is 0 Å². The Morgan fingerprint density at radius 3 is 2.68 bits per heavy atom. The molecule has 154 valence electrons. The fraction of sp³-hybridized carbons (Fsp3) is 0.526. The van der Waals surface area contributed by atoms with Gasteiger partial charge < -0.3 is 19.7 Å². The highest BCUT2D eigenvalue weighted by atomic mass is 35.5. The van der Waals surface area contributed by atoms with Crippen molar-refractivity contribution in [2.75, 3.05) is 14.2 Å². The van der Waals surface area contributed by atoms with E-state index in [1.807, 2.05) is 0 Å². The molecule has 0 spiro atoms. The molecule has 28 heavy (non-hydrogen) atoms. The van der Waals surface area contributed by atoms with Crippen LogP contribution in [0.3, 0.4) is 0 Å². The molecule has 0 aromatic heterocycles. The Labute approximate surface area is 168 Å². The number of hydrogen-bond acceptors (Lipinski definition) is 5. The Morgan fingerprint density at radius 1 is 1.36 bits per heavy atom. The summed E-state index contributed by atoms with van der Waals surface area (Å²) in [6.45, 7) is 1.80. The van der Waals surface area contributed by atoms with Crippen LogP contribution >= 0.6 is 11.6 Å². The smallest absolute Gasteiger partial charge is 0.331 e. The molecule has 1 aromatic rings. The normalized spacial score (nSPS) is 18.7. The summed E-state index contributed by atoms with van der Waals surface area (Å²) >= 11 is 5.87. The summed E-state index contributed by atoms with van der Waals surface area (Å²) in [6, 6.07) is 2.77. The summed E-state index contributed by atoms with van der Waals surface area (Å²) in [5.74, 6) is -1.62. The summed E-state index contributed by atoms with van der Waals surface area (Å²) < 4.78 is 23.4. The molecule has 0 aliphatic carbocycles. The lowest BCUT2D eigenvalue weighted by Crippen LogP contribution is -2.50. The van der Waals surface area contributed by atoms with Crippen LogP contribution in [0.25, 0.3) is 0 Å². The molecule has 9 heteroatoms. The number of ether oxygens (including phenoxy) is 2. The van der Waals surface area contributed by atoms with Crippen molar-refractivity contribution in [3.05, 3.63) is 34.6 Å². The molecule has 0 radical (unpaired) electrons. The van der Waals surface area contributed by atoms with Crippen molar-refractivity contribution < 1.29 is 28.2 Å². The minimum Gasteiger partial charge on any atom is -0.467 e. The summed E-state index contributed by atoms with van der Waals surface area (Å²) in [5.41, 5.74) is 0.547. The van der Waals surface area contributed by atoms with E-state index < -0.39 is 29.8 Å². The molecule has 1 heterocycles. The van der Waals surface area contributed by atoms with Crippen LogP contribution in [0.4, 0.5) is 4.39 Å². The molecule has 0 bridgehead atoms. The van der Waals surface area contributed by atoms with E-state index in [2.05, 4.69) is 5.32 Å². The lowest BCUT2D eigenvalue weighted by Gasteiger charge is -2.26. The van der Waals surface area contributed by atoms with E-state index in [9.17, 15) is 18.8 Å². The van der Waals surface area contributed by atoms with E-state index in [0.29, 0.717) is 18.4 Å². The number of benzene rings is 1. The molecule has 7 nitrogen and oxygen atoms in total. The second kappa shape index (κ2) is 9.84. The van der Waals surface area contributed by atoms with Crippen LogP contribution in [0.1, 0.15) is 31.7 Å². The maximum Gasteiger partial charge on any atom is 0.331 e. The SMILES string of the molecule is COC(=O)[C@@H](NC(=O)C[C@@H]1CCC(=O)N1Cc1cc(F)cc(Cl)c1)[C@@H](C)OC. The highest BCUT2D eigenvalue weighted by molar-refractivity contribution is 6.30. The zero-order valence-electron chi connectivity index (χ0n) is 16.0. The van der Waals surface area contributed by atoms with E-state index in [1.54, 1.807) is 13.0 Å². The van der Waals surface area contributed by atoms with Gasteiger partial charge in [-0.3, -0.25) is 9.59 Å². The minimum absolute atomic E-state index is 0.0126. The zero-order chi connectivity index (χ0) is 20.8. The molecule has 1 aromatic carbocycles. The standard InChI is InChI=1S/C19H24ClFN2O5/c1-11(27-2)18(19(26)28-3)22-16(24)9-15-4-5-17(25)23(15)10-12-6-13(20)8-14(21)7-12/h6-8,11,15,18H,4-5,9-10H2,1-3H3,(H,22,24)/t11-,15+,18+/m1/s1. The van der Waals surface area contributed by atoms with Gasteiger partial charge in [0, 0.05) is 37.6 Å². The predicted octanol–water partition coefficient (Wildman–Crippen LogP) is 2.05. The molecule has 2 amide bonds. The topological polar surface area (TPSA) is 84.9 Å². The van der Waals surface area contributed by atoms with Crippen molar-refractivity contribution in [1.82, 2.24) is 10.2 Å². The van der Waals surface area contributed by atoms with Gasteiger partial charge >= 0.3 is 5.97 Å². The number of amides is 2. The Kier molecular flexibility index (Phi) is 7.77. The molecule has 1 aliphatic rings. The number of carbonyl (C=O) groups excluding carboxylic acids is 3. The summed E-state index contributed by atoms with van der Waals surface area (Å²) in [5, 5.41) is 2.85. The highest BCUT2D eigenvalue weighted by Gasteiger charge is 2.34. The van der Waals surface area contributed by atoms with Crippen LogP contribution in [0.2, 0.25) is 5.02 Å². The van der Waals surface area contributed by atoms with Crippen LogP contribution < -0.4 is 5.32 Å². The predicted molar refractivity (Wildman–Crippen MR) is 100 cm³/mol. The van der Waals surface area contributed by atoms with Crippen molar-refractivity contribution in [3.63, 3.8) is 0 Å². The lowest BCUT2D eigenvalue weighted by molar-refractivity contribution is -0.149. The Hall–Kier alpha value is -2.19. The van der Waals surface area contributed by atoms with Crippen LogP contribution in [0.15, 0.2) is 18.2 Å². The van der Waals surface area contributed by atoms with E-state index in [4.69, 9.17) is 21.1 Å². The van der Waals surface area contributed by atoms with Crippen LogP contribution in [-0.4, -0.2) is 55.1 Å². The third-order valence-electron chi connectivity index (χ3n) is 4.76. The molecule has 0 unspecified atom stereocenters. The number of hydrogen-bond donors (Lipinski definition) is 1. The maximum absolute atomic E-state index is 13.6. The average molecular weight is 415 g/mol. The van der Waals surface area contributed by atoms with Gasteiger partial charge in [0.05, 0.1) is 13.2 Å². The molecule has 3 atom stereocenters. The number of methoxy groups -OCH3 is 2. The van der Waals surface area contributed by atoms with Crippen molar-refractivity contribution in [1.29, 1.82) is 0 Å². The van der Waals surface area contributed by atoms with Crippen molar-refractivity contribution >= 4 is 29.4 Å². The monoisotopic (exact) mass is 414 g/mol. The number of likely N-dealkylation sites (tertiary alicyclic amines) is 1. The molecule has 0 saturated carbocycles. The Balaban J connectivity index is 2.05. The second-order valence-electron chi connectivity index (χ2n) is 6.71. The molecule has 1 fully saturated rings. The van der Waals surface area contributed by atoms with E-state index >= 15 is 0 Å². The van der Waals surface area contributed by atoms with E-state index in [-0.39, 0.29) is 29.9 Å². The molecule has 1 saturated heterocycles. The van der Waals surface area contributed by atoms with E-state index in [0.717, 1.165) is 0 Å². The van der Waals surface area contributed by atoms with Crippen LogP contribution in [0.5, 0.6) is 0 Å². The zero-order valence-corrected chi connectivity index (χ0v) is 16.8. The molecule has 1 aliphatic heterocycles. The van der Waals surface area contributed by atoms with Gasteiger partial charge in [-0.05, 0) is 37.1 Å². The number of nitrogens with zero attached hydrogens (tertiary/aromatic N) is 1. The van der Waals surface area contributed by atoms with Gasteiger partial charge in [-0.15, -0.1) is 0 Å². The van der Waals surface area contributed by atoms with Gasteiger partial charge in [-0.1, -0.05) is 11.6 Å². The van der Waals surface area contributed by atoms with Crippen molar-refractivity contribution in [2.45, 2.75) is 50.9 Å². The Bertz CT molecular complexity index is 725. The number of nitrogens with one attached hydrogen (secondary N) is 1. The Morgan fingerprint density at radius 2 is 2.07 bits per heavy atom. The first-order valence-electron chi connectivity index (χ1n) is 8.89. The first-order valence-corrected chi connectivity index (χ1v) is 9.27. The summed E-state index contributed by atoms with van der Waals surface area (Å²) in [7, 11) is 2.65. The quantitative estimate of drug-likeness (QED) is 0.658. The minimum atomic E-state index is -0.949. The second-order valence-corrected chi connectivity index (χ2v) is 7.14. The van der Waals surface area contributed by atoms with Gasteiger partial charge in [0.15, 0.2) is 6.04 Å². The number of rotatable bonds is 8. The van der Waals surface area contributed by atoms with Crippen molar-refractivity contribution in [3.8, 4) is 0 Å². The molecule has 2 rings (SSSR count). The van der Waals surface area contributed by atoms with Gasteiger partial charge in [-0.2, -0.15) is 0 Å². The van der Waals surface area contributed by atoms with Gasteiger partial charge in [0.2, 0.25) is 11.8 Å². The number of carbonyl (C=O) groups is 3. The maximum atomic E-state index is 13.6. The molecular weight excluding hydrogens is 391 g/mol. The summed E-state index contributed by atoms with van der Waals surface area (Å²) in [6.07, 6.45) is 0.235. The summed E-state index contributed by atoms with van der Waals surface area (Å²) in [4.78, 5) is 38.1. The average Bonchev–Trinajstić information content (AvgIpc) is 2.97. The molecular formula is C19H24ClFN2O5. The highest BCUT2D eigenvalue weighted by Crippen LogP contribution is 2.25. The van der Waals surface area contributed by atoms with Crippen molar-refractivity contribution in [2.24, 2.45) is 0 Å². The lowest BCUT2D eigenvalue weighted by atomic mass is 10.1. The first kappa shape index (κ1) is 22.1. The third-order valence-corrected chi connectivity index (χ3v) is 4.98. The number of esters is 1. The van der Waals surface area contributed by atoms with Gasteiger partial charge in [0.1, 0.15) is 5.82 Å². The third kappa shape index (κ3) is 5.65. The van der Waals surface area contributed by atoms with Crippen LogP contribution in [0, 0.1) is 5.82 Å². The molecule has 1 N–H and O–H groups in total. The first-order chi connectivity index (χ1) is 13.2. The van der Waals surface area contributed by atoms with Crippen LogP contribution in [-0.2, 0) is 30.4 Å².